The van der Waals surface area contributed by atoms with Crippen LogP contribution in [-0.4, -0.2) is 58.3 Å². The quantitative estimate of drug-likeness (QED) is 0.486. The van der Waals surface area contributed by atoms with Crippen LogP contribution in [0.15, 0.2) is 17.4 Å². The first kappa shape index (κ1) is 16.5. The third-order valence-electron chi connectivity index (χ3n) is 3.81. The molecule has 0 amide bonds. The summed E-state index contributed by atoms with van der Waals surface area (Å²) in [6.45, 7) is 6.02. The van der Waals surface area contributed by atoms with Gasteiger partial charge >= 0.3 is 0 Å². The molecule has 0 bridgehead atoms. The van der Waals surface area contributed by atoms with Gasteiger partial charge in [0.25, 0.3) is 0 Å². The number of anilines is 1. The fourth-order valence-electron chi connectivity index (χ4n) is 2.66. The van der Waals surface area contributed by atoms with Crippen molar-refractivity contribution in [2.75, 3.05) is 37.3 Å². The number of rotatable bonds is 6. The second kappa shape index (κ2) is 7.91. The summed E-state index contributed by atoms with van der Waals surface area (Å²) in [4.78, 5) is 13.9. The van der Waals surface area contributed by atoms with Gasteiger partial charge in [0.15, 0.2) is 0 Å². The average molecular weight is 326 g/mol. The first-order valence-electron chi connectivity index (χ1n) is 7.30. The van der Waals surface area contributed by atoms with E-state index < -0.39 is 0 Å². The van der Waals surface area contributed by atoms with Gasteiger partial charge in [-0.2, -0.15) is 0 Å². The number of piperazine rings is 1. The molecule has 1 aromatic heterocycles. The molecule has 1 unspecified atom stereocenters. The summed E-state index contributed by atoms with van der Waals surface area (Å²) in [6, 6.07) is 2.29. The largest absolute Gasteiger partial charge is 0.392 e. The lowest BCUT2D eigenvalue weighted by atomic mass is 10.1. The summed E-state index contributed by atoms with van der Waals surface area (Å²) in [5, 5.41) is 1.01. The molecule has 1 aliphatic heterocycles. The molecule has 21 heavy (non-hydrogen) atoms. The van der Waals surface area contributed by atoms with Crippen molar-refractivity contribution in [3.8, 4) is 0 Å². The number of nitrogens with two attached hydrogens (primary N) is 1. The topological polar surface area (TPSA) is 58.3 Å². The molecular weight excluding hydrogens is 302 g/mol. The molecule has 1 fully saturated rings. The molecule has 5 nitrogen and oxygen atoms in total. The molecule has 1 atom stereocenters. The predicted octanol–water partition coefficient (Wildman–Crippen LogP) is 1.78. The Kier molecular flexibility index (Phi) is 6.20. The highest BCUT2D eigenvalue weighted by Crippen LogP contribution is 2.20. The zero-order valence-electron chi connectivity index (χ0n) is 12.7. The van der Waals surface area contributed by atoms with Crippen molar-refractivity contribution in [1.29, 1.82) is 0 Å². The minimum atomic E-state index is 0.235. The third kappa shape index (κ3) is 4.28. The second-order valence-electron chi connectivity index (χ2n) is 5.15. The Labute approximate surface area is 136 Å². The smallest absolute Gasteiger partial charge is 0.133 e. The van der Waals surface area contributed by atoms with Gasteiger partial charge in [-0.05, 0) is 12.7 Å². The number of thiocarbonyl (C=S) groups is 1. The van der Waals surface area contributed by atoms with Gasteiger partial charge in [0, 0.05) is 32.2 Å². The number of thioether (sulfide) groups is 1. The van der Waals surface area contributed by atoms with Gasteiger partial charge in [0.05, 0.1) is 11.0 Å². The summed E-state index contributed by atoms with van der Waals surface area (Å²) in [5.74, 6) is 1.01. The zero-order valence-corrected chi connectivity index (χ0v) is 14.3. The van der Waals surface area contributed by atoms with Crippen LogP contribution in [-0.2, 0) is 0 Å². The van der Waals surface area contributed by atoms with Crippen molar-refractivity contribution in [2.24, 2.45) is 5.73 Å². The van der Waals surface area contributed by atoms with E-state index in [2.05, 4.69) is 32.8 Å². The van der Waals surface area contributed by atoms with Crippen molar-refractivity contribution in [3.63, 3.8) is 0 Å². The van der Waals surface area contributed by atoms with Crippen LogP contribution >= 0.6 is 24.0 Å². The van der Waals surface area contributed by atoms with E-state index in [1.54, 1.807) is 18.1 Å². The van der Waals surface area contributed by atoms with E-state index in [1.807, 2.05) is 6.26 Å². The van der Waals surface area contributed by atoms with Crippen LogP contribution < -0.4 is 10.6 Å². The molecular formula is C14H23N5S2. The molecule has 0 aliphatic carbocycles. The van der Waals surface area contributed by atoms with E-state index in [1.165, 1.54) is 0 Å². The maximum absolute atomic E-state index is 5.89. The Morgan fingerprint density at radius 1 is 1.38 bits per heavy atom. The van der Waals surface area contributed by atoms with Crippen LogP contribution in [0.3, 0.4) is 0 Å². The van der Waals surface area contributed by atoms with E-state index in [0.29, 0.717) is 4.99 Å². The predicted molar refractivity (Wildman–Crippen MR) is 93.1 cm³/mol. The van der Waals surface area contributed by atoms with Gasteiger partial charge in [0.2, 0.25) is 0 Å². The minimum Gasteiger partial charge on any atom is -0.392 e. The van der Waals surface area contributed by atoms with Gasteiger partial charge < -0.3 is 10.6 Å². The number of nitrogens with zero attached hydrogens (tertiary/aromatic N) is 4. The molecule has 0 spiro atoms. The molecule has 2 heterocycles. The van der Waals surface area contributed by atoms with Crippen molar-refractivity contribution < 1.29 is 0 Å². The van der Waals surface area contributed by atoms with E-state index >= 15 is 0 Å². The maximum atomic E-state index is 5.89. The Morgan fingerprint density at radius 2 is 2.10 bits per heavy atom. The first-order chi connectivity index (χ1) is 10.2. The highest BCUT2D eigenvalue weighted by Gasteiger charge is 2.25. The second-order valence-corrected chi connectivity index (χ2v) is 6.45. The molecule has 7 heteroatoms. The number of aromatic nitrogens is 2. The lowest BCUT2D eigenvalue weighted by molar-refractivity contribution is 0.219. The fraction of sp³-hybridized carbons (Fsp3) is 0.643. The minimum absolute atomic E-state index is 0.235. The van der Waals surface area contributed by atoms with Crippen LogP contribution in [0.25, 0.3) is 0 Å². The Balaban J connectivity index is 1.97. The molecule has 0 saturated carbocycles. The first-order valence-corrected chi connectivity index (χ1v) is 8.93. The van der Waals surface area contributed by atoms with Crippen molar-refractivity contribution in [1.82, 2.24) is 14.9 Å². The highest BCUT2D eigenvalue weighted by atomic mass is 32.2. The summed E-state index contributed by atoms with van der Waals surface area (Å²) >= 11 is 6.86. The van der Waals surface area contributed by atoms with Gasteiger partial charge in [-0.25, -0.2) is 9.97 Å². The molecule has 0 aromatic carbocycles. The van der Waals surface area contributed by atoms with E-state index in [-0.39, 0.29) is 6.04 Å². The van der Waals surface area contributed by atoms with Crippen LogP contribution in [0.4, 0.5) is 5.82 Å². The third-order valence-corrected chi connectivity index (χ3v) is 4.72. The van der Waals surface area contributed by atoms with Crippen molar-refractivity contribution >= 4 is 34.8 Å². The van der Waals surface area contributed by atoms with Crippen LogP contribution in [0.5, 0.6) is 0 Å². The van der Waals surface area contributed by atoms with E-state index in [4.69, 9.17) is 18.0 Å². The molecule has 2 rings (SSSR count). The highest BCUT2D eigenvalue weighted by molar-refractivity contribution is 7.98. The van der Waals surface area contributed by atoms with Gasteiger partial charge in [0.1, 0.15) is 17.2 Å². The molecule has 1 saturated heterocycles. The van der Waals surface area contributed by atoms with Gasteiger partial charge in [-0.3, -0.25) is 4.90 Å². The standard InChI is InChI=1S/C14H23N5S2/c1-3-4-11(14(15)20)18-5-7-19(8-6-18)12-9-13(21-2)17-10-16-12/h9-11H,3-8H2,1-2H3,(H2,15,20). The Bertz CT molecular complexity index is 474. The summed E-state index contributed by atoms with van der Waals surface area (Å²) in [7, 11) is 0. The number of hydrogen-bond acceptors (Lipinski definition) is 6. The van der Waals surface area contributed by atoms with Crippen LogP contribution in [0.2, 0.25) is 0 Å². The normalized spacial score (nSPS) is 17.7. The lowest BCUT2D eigenvalue weighted by Crippen LogP contribution is -2.54. The molecule has 116 valence electrons. The lowest BCUT2D eigenvalue weighted by Gasteiger charge is -2.39. The molecule has 0 radical (unpaired) electrons. The van der Waals surface area contributed by atoms with Crippen LogP contribution in [0.1, 0.15) is 19.8 Å². The average Bonchev–Trinajstić information content (AvgIpc) is 2.52. The molecule has 1 aliphatic rings. The van der Waals surface area contributed by atoms with E-state index in [0.717, 1.165) is 49.9 Å². The maximum Gasteiger partial charge on any atom is 0.133 e. The van der Waals surface area contributed by atoms with E-state index in [9.17, 15) is 0 Å². The van der Waals surface area contributed by atoms with Crippen molar-refractivity contribution in [2.45, 2.75) is 30.8 Å². The monoisotopic (exact) mass is 325 g/mol. The van der Waals surface area contributed by atoms with Crippen LogP contribution in [0, 0.1) is 0 Å². The summed E-state index contributed by atoms with van der Waals surface area (Å²) in [6.07, 6.45) is 5.81. The molecule has 2 N–H and O–H groups in total. The Hall–Kier alpha value is -0.920. The van der Waals surface area contributed by atoms with Gasteiger partial charge in [-0.1, -0.05) is 25.6 Å². The SMILES string of the molecule is CCCC(C(N)=S)N1CCN(c2cc(SC)ncn2)CC1. The summed E-state index contributed by atoms with van der Waals surface area (Å²) < 4.78 is 0. The molecule has 1 aromatic rings. The number of hydrogen-bond donors (Lipinski definition) is 1. The summed E-state index contributed by atoms with van der Waals surface area (Å²) in [5.41, 5.74) is 5.89. The van der Waals surface area contributed by atoms with Crippen molar-refractivity contribution in [3.05, 3.63) is 12.4 Å². The van der Waals surface area contributed by atoms with Gasteiger partial charge in [-0.15, -0.1) is 11.8 Å². The fourth-order valence-corrected chi connectivity index (χ4v) is 3.30. The Morgan fingerprint density at radius 3 is 2.67 bits per heavy atom. The zero-order chi connectivity index (χ0) is 15.2.